The average molecular weight is 239 g/mol. The van der Waals surface area contributed by atoms with Gasteiger partial charge in [0, 0.05) is 18.0 Å². The first-order valence-electron chi connectivity index (χ1n) is 5.49. The zero-order valence-electron chi connectivity index (χ0n) is 9.73. The molecule has 0 aromatic heterocycles. The fourth-order valence-electron chi connectivity index (χ4n) is 2.12. The molecule has 1 unspecified atom stereocenters. The molecule has 0 bridgehead atoms. The smallest absolute Gasteiger partial charge is 0.179 e. The lowest BCUT2D eigenvalue weighted by Gasteiger charge is -2.41. The van der Waals surface area contributed by atoms with Gasteiger partial charge in [-0.25, -0.2) is 0 Å². The lowest BCUT2D eigenvalue weighted by molar-refractivity contribution is -0.125. The van der Waals surface area contributed by atoms with Crippen molar-refractivity contribution in [2.24, 2.45) is 0 Å². The number of ketones is 1. The number of carbonyl (C=O) groups excluding carboxylic acids is 1. The van der Waals surface area contributed by atoms with Crippen molar-refractivity contribution in [3.8, 4) is 0 Å². The van der Waals surface area contributed by atoms with Crippen molar-refractivity contribution in [1.82, 2.24) is 4.90 Å². The summed E-state index contributed by atoms with van der Waals surface area (Å²) in [5, 5.41) is 0. The van der Waals surface area contributed by atoms with E-state index in [1.165, 1.54) is 0 Å². The van der Waals surface area contributed by atoms with Gasteiger partial charge in [-0.3, -0.25) is 9.69 Å². The highest BCUT2D eigenvalue weighted by Crippen LogP contribution is 2.29. The summed E-state index contributed by atoms with van der Waals surface area (Å²) >= 11 is 1.68. The van der Waals surface area contributed by atoms with Crippen molar-refractivity contribution in [3.63, 3.8) is 0 Å². The molecule has 0 aromatic carbocycles. The van der Waals surface area contributed by atoms with E-state index in [-0.39, 0.29) is 5.78 Å². The molecule has 0 saturated carbocycles. The van der Waals surface area contributed by atoms with Crippen LogP contribution in [0.25, 0.3) is 0 Å². The van der Waals surface area contributed by atoms with Gasteiger partial charge in [0.05, 0.1) is 13.2 Å². The van der Waals surface area contributed by atoms with Crippen LogP contribution in [-0.4, -0.2) is 48.8 Å². The summed E-state index contributed by atoms with van der Waals surface area (Å²) < 4.78 is 5.33. The second-order valence-corrected chi connectivity index (χ2v) is 5.08. The molecule has 1 atom stereocenters. The van der Waals surface area contributed by atoms with Crippen molar-refractivity contribution in [2.75, 3.05) is 32.6 Å². The summed E-state index contributed by atoms with van der Waals surface area (Å²) in [4.78, 5) is 15.4. The number of hydrogen-bond donors (Lipinski definition) is 0. The molecule has 0 spiro atoms. The first-order valence-corrected chi connectivity index (χ1v) is 6.71. The van der Waals surface area contributed by atoms with Gasteiger partial charge in [0.15, 0.2) is 5.78 Å². The van der Waals surface area contributed by atoms with Crippen LogP contribution < -0.4 is 0 Å². The molecule has 1 heterocycles. The quantitative estimate of drug-likeness (QED) is 0.730. The maximum Gasteiger partial charge on any atom is 0.179 e. The minimum Gasteiger partial charge on any atom is -0.379 e. The Bertz CT molecular complexity index is 345. The molecule has 2 rings (SSSR count). The van der Waals surface area contributed by atoms with Crippen LogP contribution in [0.3, 0.4) is 0 Å². The van der Waals surface area contributed by atoms with E-state index in [1.807, 2.05) is 19.3 Å². The van der Waals surface area contributed by atoms with E-state index in [9.17, 15) is 4.79 Å². The zero-order valence-corrected chi connectivity index (χ0v) is 10.5. The van der Waals surface area contributed by atoms with Crippen LogP contribution in [0.1, 0.15) is 6.92 Å². The SMILES string of the molecule is CSC1=CC(C)(N2CCOCC2)C(=O)C=C1. The molecular weight excluding hydrogens is 222 g/mol. The summed E-state index contributed by atoms with van der Waals surface area (Å²) in [6, 6.07) is 0. The van der Waals surface area contributed by atoms with Gasteiger partial charge in [0.1, 0.15) is 5.54 Å². The van der Waals surface area contributed by atoms with E-state index < -0.39 is 5.54 Å². The summed E-state index contributed by atoms with van der Waals surface area (Å²) in [6.45, 7) is 5.09. The fraction of sp³-hybridized carbons (Fsp3) is 0.583. The van der Waals surface area contributed by atoms with Crippen molar-refractivity contribution < 1.29 is 9.53 Å². The number of ether oxygens (including phenoxy) is 1. The van der Waals surface area contributed by atoms with Gasteiger partial charge in [-0.1, -0.05) is 0 Å². The van der Waals surface area contributed by atoms with Gasteiger partial charge >= 0.3 is 0 Å². The third-order valence-electron chi connectivity index (χ3n) is 3.22. The molecule has 0 N–H and O–H groups in total. The number of nitrogens with zero attached hydrogens (tertiary/aromatic N) is 1. The number of morpholine rings is 1. The molecule has 0 amide bonds. The number of rotatable bonds is 2. The van der Waals surface area contributed by atoms with Crippen molar-refractivity contribution in [2.45, 2.75) is 12.5 Å². The van der Waals surface area contributed by atoms with Crippen molar-refractivity contribution >= 4 is 17.5 Å². The largest absolute Gasteiger partial charge is 0.379 e. The van der Waals surface area contributed by atoms with Gasteiger partial charge in [-0.2, -0.15) is 0 Å². The average Bonchev–Trinajstić information content (AvgIpc) is 2.34. The molecule has 0 radical (unpaired) electrons. The highest BCUT2D eigenvalue weighted by atomic mass is 32.2. The second-order valence-electron chi connectivity index (χ2n) is 4.20. The Morgan fingerprint density at radius 2 is 2.06 bits per heavy atom. The Kier molecular flexibility index (Phi) is 3.52. The van der Waals surface area contributed by atoms with Crippen LogP contribution in [0.5, 0.6) is 0 Å². The first kappa shape index (κ1) is 11.9. The molecule has 1 aliphatic carbocycles. The zero-order chi connectivity index (χ0) is 11.6. The van der Waals surface area contributed by atoms with Crippen LogP contribution in [0.2, 0.25) is 0 Å². The summed E-state index contributed by atoms with van der Waals surface area (Å²) in [6.07, 6.45) is 7.70. The van der Waals surface area contributed by atoms with Crippen LogP contribution >= 0.6 is 11.8 Å². The standard InChI is InChI=1S/C12H17NO2S/c1-12(13-5-7-15-8-6-13)9-10(16-2)3-4-11(12)14/h3-4,9H,5-8H2,1-2H3. The van der Waals surface area contributed by atoms with Crippen LogP contribution in [-0.2, 0) is 9.53 Å². The number of hydrogen-bond acceptors (Lipinski definition) is 4. The molecule has 1 saturated heterocycles. The Labute approximate surface area is 101 Å². The summed E-state index contributed by atoms with van der Waals surface area (Å²) in [5.74, 6) is 0.173. The van der Waals surface area contributed by atoms with E-state index in [1.54, 1.807) is 17.8 Å². The number of allylic oxidation sites excluding steroid dienone is 1. The number of carbonyl (C=O) groups is 1. The highest BCUT2D eigenvalue weighted by Gasteiger charge is 2.38. The van der Waals surface area contributed by atoms with E-state index >= 15 is 0 Å². The molecule has 16 heavy (non-hydrogen) atoms. The Hall–Kier alpha value is -0.580. The van der Waals surface area contributed by atoms with E-state index in [0.717, 1.165) is 31.2 Å². The van der Waals surface area contributed by atoms with Gasteiger partial charge in [-0.05, 0) is 31.4 Å². The molecule has 4 heteroatoms. The van der Waals surface area contributed by atoms with Crippen LogP contribution in [0, 0.1) is 0 Å². The topological polar surface area (TPSA) is 29.5 Å². The highest BCUT2D eigenvalue weighted by molar-refractivity contribution is 8.02. The molecule has 1 fully saturated rings. The van der Waals surface area contributed by atoms with Crippen LogP contribution in [0.15, 0.2) is 23.1 Å². The lowest BCUT2D eigenvalue weighted by Crippen LogP contribution is -2.55. The minimum atomic E-state index is -0.475. The van der Waals surface area contributed by atoms with E-state index in [4.69, 9.17) is 4.74 Å². The van der Waals surface area contributed by atoms with Gasteiger partial charge in [0.25, 0.3) is 0 Å². The monoisotopic (exact) mass is 239 g/mol. The Morgan fingerprint density at radius 1 is 1.38 bits per heavy atom. The fourth-order valence-corrected chi connectivity index (χ4v) is 2.68. The molecule has 2 aliphatic rings. The van der Waals surface area contributed by atoms with Gasteiger partial charge < -0.3 is 4.74 Å². The van der Waals surface area contributed by atoms with E-state index in [2.05, 4.69) is 11.0 Å². The molecule has 1 aliphatic heterocycles. The van der Waals surface area contributed by atoms with Crippen molar-refractivity contribution in [3.05, 3.63) is 23.1 Å². The maximum atomic E-state index is 12.1. The third-order valence-corrected chi connectivity index (χ3v) is 3.95. The molecule has 88 valence electrons. The Morgan fingerprint density at radius 3 is 2.69 bits per heavy atom. The summed E-state index contributed by atoms with van der Waals surface area (Å²) in [7, 11) is 0. The molecular formula is C12H17NO2S. The predicted octanol–water partition coefficient (Wildman–Crippen LogP) is 1.46. The number of thioether (sulfide) groups is 1. The molecule has 3 nitrogen and oxygen atoms in total. The first-order chi connectivity index (χ1) is 7.66. The lowest BCUT2D eigenvalue weighted by atomic mass is 9.89. The van der Waals surface area contributed by atoms with Gasteiger partial charge in [0.2, 0.25) is 0 Å². The van der Waals surface area contributed by atoms with Gasteiger partial charge in [-0.15, -0.1) is 11.8 Å². The predicted molar refractivity (Wildman–Crippen MR) is 66.5 cm³/mol. The third kappa shape index (κ3) is 2.10. The Balaban J connectivity index is 2.24. The maximum absolute atomic E-state index is 12.1. The van der Waals surface area contributed by atoms with Crippen molar-refractivity contribution in [1.29, 1.82) is 0 Å². The normalized spacial score (nSPS) is 31.6. The summed E-state index contributed by atoms with van der Waals surface area (Å²) in [5.41, 5.74) is -0.475. The minimum absolute atomic E-state index is 0.173. The van der Waals surface area contributed by atoms with Crippen LogP contribution in [0.4, 0.5) is 0 Å². The van der Waals surface area contributed by atoms with E-state index in [0.29, 0.717) is 0 Å². The second kappa shape index (κ2) is 4.73. The molecule has 0 aromatic rings.